The third-order valence-electron chi connectivity index (χ3n) is 4.83. The van der Waals surface area contributed by atoms with Gasteiger partial charge in [-0.2, -0.15) is 0 Å². The van der Waals surface area contributed by atoms with Crippen LogP contribution in [0.2, 0.25) is 0 Å². The molecule has 1 aromatic carbocycles. The highest BCUT2D eigenvalue weighted by atomic mass is 16.2. The van der Waals surface area contributed by atoms with Crippen LogP contribution in [-0.2, 0) is 11.2 Å². The Morgan fingerprint density at radius 3 is 3.09 bits per heavy atom. The third-order valence-corrected chi connectivity index (χ3v) is 4.83. The molecule has 5 nitrogen and oxygen atoms in total. The van der Waals surface area contributed by atoms with Crippen LogP contribution in [0.3, 0.4) is 0 Å². The number of nitrogens with zero attached hydrogens (tertiary/aromatic N) is 1. The van der Waals surface area contributed by atoms with Crippen LogP contribution in [0.1, 0.15) is 18.9 Å². The van der Waals surface area contributed by atoms with Gasteiger partial charge in [-0.1, -0.05) is 25.1 Å². The Morgan fingerprint density at radius 2 is 2.30 bits per heavy atom. The molecule has 0 radical (unpaired) electrons. The van der Waals surface area contributed by atoms with E-state index in [9.17, 15) is 4.79 Å². The molecule has 1 aliphatic heterocycles. The molecule has 23 heavy (non-hydrogen) atoms. The number of amides is 1. The van der Waals surface area contributed by atoms with Gasteiger partial charge in [0, 0.05) is 30.2 Å². The topological polar surface area (TPSA) is 74.2 Å². The molecule has 2 atom stereocenters. The largest absolute Gasteiger partial charge is 0.361 e. The molecule has 124 valence electrons. The highest BCUT2D eigenvalue weighted by Gasteiger charge is 2.23. The molecule has 0 spiro atoms. The molecule has 3 rings (SSSR count). The number of para-hydroxylation sites is 1. The highest BCUT2D eigenvalue weighted by Crippen LogP contribution is 2.19. The fraction of sp³-hybridized carbons (Fsp3) is 0.500. The maximum absolute atomic E-state index is 12.3. The zero-order valence-electron chi connectivity index (χ0n) is 13.7. The first-order valence-electron chi connectivity index (χ1n) is 8.48. The predicted octanol–water partition coefficient (Wildman–Crippen LogP) is 1.50. The van der Waals surface area contributed by atoms with E-state index in [1.807, 2.05) is 24.4 Å². The summed E-state index contributed by atoms with van der Waals surface area (Å²) < 4.78 is 0. The van der Waals surface area contributed by atoms with Crippen LogP contribution in [0.4, 0.5) is 0 Å². The van der Waals surface area contributed by atoms with Crippen molar-refractivity contribution in [2.24, 2.45) is 11.7 Å². The average Bonchev–Trinajstić information content (AvgIpc) is 3.20. The van der Waals surface area contributed by atoms with Crippen molar-refractivity contribution >= 4 is 16.8 Å². The molecule has 2 heterocycles. The second-order valence-electron chi connectivity index (χ2n) is 6.46. The van der Waals surface area contributed by atoms with E-state index in [0.29, 0.717) is 12.3 Å². The van der Waals surface area contributed by atoms with Gasteiger partial charge in [-0.05, 0) is 43.5 Å². The van der Waals surface area contributed by atoms with Gasteiger partial charge in [0.15, 0.2) is 0 Å². The van der Waals surface area contributed by atoms with E-state index in [2.05, 4.69) is 28.2 Å². The van der Waals surface area contributed by atoms with Crippen molar-refractivity contribution in [2.75, 3.05) is 26.2 Å². The van der Waals surface area contributed by atoms with Gasteiger partial charge >= 0.3 is 0 Å². The van der Waals surface area contributed by atoms with E-state index in [0.717, 1.165) is 49.1 Å². The van der Waals surface area contributed by atoms with Crippen molar-refractivity contribution in [1.82, 2.24) is 15.2 Å². The number of hydrogen-bond acceptors (Lipinski definition) is 3. The van der Waals surface area contributed by atoms with E-state index >= 15 is 0 Å². The van der Waals surface area contributed by atoms with Crippen LogP contribution in [-0.4, -0.2) is 48.0 Å². The fourth-order valence-corrected chi connectivity index (χ4v) is 3.37. The van der Waals surface area contributed by atoms with Crippen LogP contribution >= 0.6 is 0 Å². The van der Waals surface area contributed by atoms with Gasteiger partial charge < -0.3 is 20.9 Å². The first kappa shape index (κ1) is 16.0. The van der Waals surface area contributed by atoms with Gasteiger partial charge in [-0.25, -0.2) is 0 Å². The number of aromatic amines is 1. The lowest BCUT2D eigenvalue weighted by Crippen LogP contribution is -2.43. The van der Waals surface area contributed by atoms with E-state index in [4.69, 9.17) is 5.73 Å². The summed E-state index contributed by atoms with van der Waals surface area (Å²) in [5.41, 5.74) is 8.28. The Hall–Kier alpha value is -1.85. The van der Waals surface area contributed by atoms with Crippen LogP contribution < -0.4 is 11.1 Å². The van der Waals surface area contributed by atoms with Gasteiger partial charge in [-0.3, -0.25) is 4.79 Å². The van der Waals surface area contributed by atoms with Gasteiger partial charge in [0.2, 0.25) is 5.91 Å². The van der Waals surface area contributed by atoms with Crippen molar-refractivity contribution in [3.05, 3.63) is 36.0 Å². The zero-order chi connectivity index (χ0) is 16.2. The lowest BCUT2D eigenvalue weighted by atomic mass is 10.0. The van der Waals surface area contributed by atoms with E-state index in [1.54, 1.807) is 0 Å². The number of carbonyl (C=O) groups excluding carboxylic acids is 1. The maximum Gasteiger partial charge on any atom is 0.237 e. The summed E-state index contributed by atoms with van der Waals surface area (Å²) in [5, 5.41) is 4.17. The molecule has 1 aliphatic rings. The number of aromatic nitrogens is 1. The second kappa shape index (κ2) is 7.15. The summed E-state index contributed by atoms with van der Waals surface area (Å²) in [5.74, 6) is 0.504. The minimum Gasteiger partial charge on any atom is -0.361 e. The van der Waals surface area contributed by atoms with Crippen molar-refractivity contribution in [3.8, 4) is 0 Å². The summed E-state index contributed by atoms with van der Waals surface area (Å²) in [7, 11) is 0. The van der Waals surface area contributed by atoms with Gasteiger partial charge in [-0.15, -0.1) is 0 Å². The Balaban J connectivity index is 1.52. The van der Waals surface area contributed by atoms with E-state index in [1.165, 1.54) is 0 Å². The van der Waals surface area contributed by atoms with Crippen molar-refractivity contribution in [1.29, 1.82) is 0 Å². The molecular formula is C18H26N4O. The number of likely N-dealkylation sites (tertiary alicyclic amines) is 1. The quantitative estimate of drug-likeness (QED) is 0.756. The maximum atomic E-state index is 12.3. The molecule has 0 aliphatic carbocycles. The van der Waals surface area contributed by atoms with Crippen LogP contribution in [0, 0.1) is 5.92 Å². The van der Waals surface area contributed by atoms with E-state index in [-0.39, 0.29) is 5.91 Å². The molecule has 1 unspecified atom stereocenters. The normalized spacial score (nSPS) is 20.0. The summed E-state index contributed by atoms with van der Waals surface area (Å²) >= 11 is 0. The Bertz CT molecular complexity index is 666. The molecule has 1 amide bonds. The molecule has 1 aromatic heterocycles. The number of H-pyrrole nitrogens is 1. The number of fused-ring (bicyclic) bond motifs is 1. The summed E-state index contributed by atoms with van der Waals surface area (Å²) in [6, 6.07) is 7.59. The van der Waals surface area contributed by atoms with Crippen LogP contribution in [0.15, 0.2) is 30.5 Å². The molecular weight excluding hydrogens is 288 g/mol. The molecule has 2 aromatic rings. The minimum atomic E-state index is -0.502. The standard InChI is InChI=1S/C18H26N4O/c1-2-22-8-7-13(12-22)10-21-18(23)16(19)9-14-11-20-17-6-4-3-5-15(14)17/h3-6,11,13,16,20H,2,7-10,12,19H2,1H3,(H,21,23)/t13?,16-/m0/s1. The SMILES string of the molecule is CCN1CCC(CNC(=O)[C@@H](N)Cc2c[nH]c3ccccc23)C1. The third kappa shape index (κ3) is 3.74. The lowest BCUT2D eigenvalue weighted by molar-refractivity contribution is -0.122. The van der Waals surface area contributed by atoms with Gasteiger partial charge in [0.05, 0.1) is 6.04 Å². The number of hydrogen-bond donors (Lipinski definition) is 3. The Morgan fingerprint density at radius 1 is 1.48 bits per heavy atom. The molecule has 0 bridgehead atoms. The number of benzene rings is 1. The van der Waals surface area contributed by atoms with Gasteiger partial charge in [0.25, 0.3) is 0 Å². The highest BCUT2D eigenvalue weighted by molar-refractivity contribution is 5.86. The van der Waals surface area contributed by atoms with Crippen molar-refractivity contribution < 1.29 is 4.79 Å². The summed E-state index contributed by atoms with van der Waals surface area (Å²) in [6.45, 7) is 6.21. The molecule has 1 fully saturated rings. The first-order valence-corrected chi connectivity index (χ1v) is 8.48. The lowest BCUT2D eigenvalue weighted by Gasteiger charge is -2.16. The number of carbonyl (C=O) groups is 1. The molecule has 5 heteroatoms. The number of nitrogens with two attached hydrogens (primary N) is 1. The minimum absolute atomic E-state index is 0.0507. The molecule has 4 N–H and O–H groups in total. The Labute approximate surface area is 137 Å². The summed E-state index contributed by atoms with van der Waals surface area (Å²) in [4.78, 5) is 17.9. The van der Waals surface area contributed by atoms with Crippen LogP contribution in [0.5, 0.6) is 0 Å². The van der Waals surface area contributed by atoms with E-state index < -0.39 is 6.04 Å². The molecule has 1 saturated heterocycles. The van der Waals surface area contributed by atoms with Crippen molar-refractivity contribution in [3.63, 3.8) is 0 Å². The number of rotatable bonds is 6. The fourth-order valence-electron chi connectivity index (χ4n) is 3.37. The first-order chi connectivity index (χ1) is 11.2. The van der Waals surface area contributed by atoms with Crippen LogP contribution in [0.25, 0.3) is 10.9 Å². The van der Waals surface area contributed by atoms with Gasteiger partial charge in [0.1, 0.15) is 0 Å². The summed E-state index contributed by atoms with van der Waals surface area (Å²) in [6.07, 6.45) is 3.67. The second-order valence-corrected chi connectivity index (χ2v) is 6.46. The van der Waals surface area contributed by atoms with Crippen molar-refractivity contribution in [2.45, 2.75) is 25.8 Å². The average molecular weight is 314 g/mol. The molecule has 0 saturated carbocycles. The Kier molecular flexibility index (Phi) is 4.98. The predicted molar refractivity (Wildman–Crippen MR) is 93.2 cm³/mol. The number of nitrogens with one attached hydrogen (secondary N) is 2. The zero-order valence-corrected chi connectivity index (χ0v) is 13.7. The smallest absolute Gasteiger partial charge is 0.237 e. The monoisotopic (exact) mass is 314 g/mol.